The van der Waals surface area contributed by atoms with Crippen molar-refractivity contribution in [1.82, 2.24) is 21.3 Å². The predicted octanol–water partition coefficient (Wildman–Crippen LogP) is 1.68. The zero-order chi connectivity index (χ0) is 20.9. The quantitative estimate of drug-likeness (QED) is 0.376. The van der Waals surface area contributed by atoms with Crippen LogP contribution in [-0.2, 0) is 16.1 Å². The normalized spacial score (nSPS) is 10.1. The summed E-state index contributed by atoms with van der Waals surface area (Å²) in [6.45, 7) is 5.92. The Bertz CT molecular complexity index is 673. The van der Waals surface area contributed by atoms with Gasteiger partial charge in [-0.15, -0.1) is 0 Å². The van der Waals surface area contributed by atoms with Gasteiger partial charge in [-0.25, -0.2) is 14.4 Å². The summed E-state index contributed by atoms with van der Waals surface area (Å²) >= 11 is 0. The summed E-state index contributed by atoms with van der Waals surface area (Å²) in [5.74, 6) is -1.39. The molecular formula is C19H28N4O5. The molecule has 0 aliphatic carbocycles. The summed E-state index contributed by atoms with van der Waals surface area (Å²) in [5.41, 5.74) is 1.06. The first kappa shape index (κ1) is 22.9. The minimum absolute atomic E-state index is 0.0387. The highest BCUT2D eigenvalue weighted by atomic mass is 16.5. The number of carbonyl (C=O) groups excluding carboxylic acids is 4. The number of unbranched alkanes of at least 4 members (excludes halogenated alkanes) is 1. The summed E-state index contributed by atoms with van der Waals surface area (Å²) in [6.07, 6.45) is 1.73. The van der Waals surface area contributed by atoms with E-state index in [-0.39, 0.29) is 17.6 Å². The second kappa shape index (κ2) is 12.3. The van der Waals surface area contributed by atoms with E-state index in [0.717, 1.165) is 18.4 Å². The number of esters is 1. The minimum atomic E-state index is -0.709. The number of hydrogen-bond acceptors (Lipinski definition) is 5. The van der Waals surface area contributed by atoms with Crippen LogP contribution < -0.4 is 21.3 Å². The van der Waals surface area contributed by atoms with Gasteiger partial charge in [0, 0.05) is 19.1 Å². The molecule has 5 amide bonds. The molecular weight excluding hydrogens is 364 g/mol. The van der Waals surface area contributed by atoms with Gasteiger partial charge in [0.05, 0.1) is 5.56 Å². The fourth-order valence-electron chi connectivity index (χ4n) is 2.05. The lowest BCUT2D eigenvalue weighted by atomic mass is 10.1. The average molecular weight is 392 g/mol. The maximum absolute atomic E-state index is 12.0. The summed E-state index contributed by atoms with van der Waals surface area (Å²) in [7, 11) is 0. The minimum Gasteiger partial charge on any atom is -0.452 e. The smallest absolute Gasteiger partial charge is 0.338 e. The van der Waals surface area contributed by atoms with Gasteiger partial charge in [-0.1, -0.05) is 25.5 Å². The maximum atomic E-state index is 12.0. The molecule has 0 fully saturated rings. The van der Waals surface area contributed by atoms with Crippen molar-refractivity contribution in [2.45, 2.75) is 46.2 Å². The molecule has 1 aromatic carbocycles. The van der Waals surface area contributed by atoms with E-state index in [2.05, 4.69) is 21.3 Å². The molecule has 0 saturated carbocycles. The van der Waals surface area contributed by atoms with Crippen LogP contribution in [0, 0.1) is 0 Å². The molecule has 0 aliphatic heterocycles. The second-order valence-electron chi connectivity index (χ2n) is 6.41. The Balaban J connectivity index is 2.37. The molecule has 0 unspecified atom stereocenters. The van der Waals surface area contributed by atoms with Gasteiger partial charge in [0.2, 0.25) is 0 Å². The van der Waals surface area contributed by atoms with Crippen molar-refractivity contribution in [2.75, 3.05) is 13.2 Å². The Hall–Kier alpha value is -3.10. The third-order valence-electron chi connectivity index (χ3n) is 3.47. The first-order valence-corrected chi connectivity index (χ1v) is 9.20. The van der Waals surface area contributed by atoms with Crippen molar-refractivity contribution in [3.8, 4) is 0 Å². The maximum Gasteiger partial charge on any atom is 0.338 e. The zero-order valence-corrected chi connectivity index (χ0v) is 16.5. The molecule has 1 aromatic rings. The third-order valence-corrected chi connectivity index (χ3v) is 3.47. The summed E-state index contributed by atoms with van der Waals surface area (Å²) < 4.78 is 4.89. The lowest BCUT2D eigenvalue weighted by Gasteiger charge is -2.10. The molecule has 28 heavy (non-hydrogen) atoms. The second-order valence-corrected chi connectivity index (χ2v) is 6.41. The third kappa shape index (κ3) is 9.56. The van der Waals surface area contributed by atoms with Crippen molar-refractivity contribution in [1.29, 1.82) is 0 Å². The van der Waals surface area contributed by atoms with Crippen molar-refractivity contribution in [2.24, 2.45) is 0 Å². The van der Waals surface area contributed by atoms with Gasteiger partial charge < -0.3 is 20.7 Å². The van der Waals surface area contributed by atoms with Gasteiger partial charge >= 0.3 is 18.0 Å². The fraction of sp³-hybridized carbons (Fsp3) is 0.474. The number of urea groups is 2. The SMILES string of the molecule is CCCCNC(=O)NC(=O)COC(=O)c1ccc(CNC(=O)NC(C)C)cc1. The molecule has 0 saturated heterocycles. The van der Waals surface area contributed by atoms with E-state index in [9.17, 15) is 19.2 Å². The van der Waals surface area contributed by atoms with Gasteiger partial charge in [0.1, 0.15) is 0 Å². The van der Waals surface area contributed by atoms with E-state index in [1.807, 2.05) is 20.8 Å². The highest BCUT2D eigenvalue weighted by Gasteiger charge is 2.12. The molecule has 0 bridgehead atoms. The Morgan fingerprint density at radius 3 is 2.29 bits per heavy atom. The Morgan fingerprint density at radius 1 is 1.00 bits per heavy atom. The fourth-order valence-corrected chi connectivity index (χ4v) is 2.05. The van der Waals surface area contributed by atoms with Crippen LogP contribution in [0.15, 0.2) is 24.3 Å². The van der Waals surface area contributed by atoms with Crippen molar-refractivity contribution >= 4 is 23.9 Å². The average Bonchev–Trinajstić information content (AvgIpc) is 2.64. The molecule has 0 radical (unpaired) electrons. The number of benzene rings is 1. The molecule has 4 N–H and O–H groups in total. The van der Waals surface area contributed by atoms with Crippen molar-refractivity contribution in [3.63, 3.8) is 0 Å². The lowest BCUT2D eigenvalue weighted by Crippen LogP contribution is -2.41. The number of carbonyl (C=O) groups is 4. The van der Waals surface area contributed by atoms with Crippen LogP contribution in [0.2, 0.25) is 0 Å². The van der Waals surface area contributed by atoms with Gasteiger partial charge in [0.15, 0.2) is 6.61 Å². The molecule has 0 atom stereocenters. The molecule has 1 rings (SSSR count). The number of hydrogen-bond donors (Lipinski definition) is 4. The van der Waals surface area contributed by atoms with E-state index < -0.39 is 24.5 Å². The van der Waals surface area contributed by atoms with Crippen LogP contribution in [0.4, 0.5) is 9.59 Å². The first-order valence-electron chi connectivity index (χ1n) is 9.20. The van der Waals surface area contributed by atoms with Gasteiger partial charge in [0.25, 0.3) is 5.91 Å². The van der Waals surface area contributed by atoms with Crippen LogP contribution in [0.1, 0.15) is 49.5 Å². The molecule has 0 aromatic heterocycles. The standard InChI is InChI=1S/C19H28N4O5/c1-4-5-10-20-18(26)23-16(24)12-28-17(25)15-8-6-14(7-9-15)11-21-19(27)22-13(2)3/h6-9,13H,4-5,10-12H2,1-3H3,(H2,21,22,27)(H2,20,23,24,26). The summed E-state index contributed by atoms with van der Waals surface area (Å²) in [4.78, 5) is 46.5. The number of nitrogens with one attached hydrogen (secondary N) is 4. The van der Waals surface area contributed by atoms with Crippen molar-refractivity contribution < 1.29 is 23.9 Å². The van der Waals surface area contributed by atoms with Crippen LogP contribution in [-0.4, -0.2) is 43.1 Å². The molecule has 0 heterocycles. The molecule has 0 spiro atoms. The number of ether oxygens (including phenoxy) is 1. The van der Waals surface area contributed by atoms with E-state index in [0.29, 0.717) is 13.1 Å². The topological polar surface area (TPSA) is 126 Å². The van der Waals surface area contributed by atoms with E-state index in [1.165, 1.54) is 12.1 Å². The van der Waals surface area contributed by atoms with Gasteiger partial charge in [-0.2, -0.15) is 0 Å². The molecule has 0 aliphatic rings. The monoisotopic (exact) mass is 392 g/mol. The van der Waals surface area contributed by atoms with E-state index in [1.54, 1.807) is 12.1 Å². The van der Waals surface area contributed by atoms with Crippen LogP contribution in [0.5, 0.6) is 0 Å². The van der Waals surface area contributed by atoms with E-state index in [4.69, 9.17) is 4.74 Å². The molecule has 154 valence electrons. The van der Waals surface area contributed by atoms with E-state index >= 15 is 0 Å². The van der Waals surface area contributed by atoms with Gasteiger partial charge in [-0.05, 0) is 38.0 Å². The van der Waals surface area contributed by atoms with Crippen LogP contribution in [0.3, 0.4) is 0 Å². The zero-order valence-electron chi connectivity index (χ0n) is 16.5. The first-order chi connectivity index (χ1) is 13.3. The number of rotatable bonds is 9. The summed E-state index contributed by atoms with van der Waals surface area (Å²) in [6, 6.07) is 5.57. The Labute approximate surface area is 164 Å². The van der Waals surface area contributed by atoms with Crippen molar-refractivity contribution in [3.05, 3.63) is 35.4 Å². The van der Waals surface area contributed by atoms with Crippen LogP contribution >= 0.6 is 0 Å². The lowest BCUT2D eigenvalue weighted by molar-refractivity contribution is -0.123. The Kier molecular flexibility index (Phi) is 10.1. The van der Waals surface area contributed by atoms with Gasteiger partial charge in [-0.3, -0.25) is 10.1 Å². The van der Waals surface area contributed by atoms with Crippen LogP contribution in [0.25, 0.3) is 0 Å². The number of imide groups is 1. The number of amides is 5. The highest BCUT2D eigenvalue weighted by molar-refractivity contribution is 5.97. The predicted molar refractivity (Wildman–Crippen MR) is 104 cm³/mol. The largest absolute Gasteiger partial charge is 0.452 e. The highest BCUT2D eigenvalue weighted by Crippen LogP contribution is 2.06. The Morgan fingerprint density at radius 2 is 1.68 bits per heavy atom. The molecule has 9 heteroatoms. The molecule has 9 nitrogen and oxygen atoms in total. The summed E-state index contributed by atoms with van der Waals surface area (Å²) in [5, 5.41) is 10.0.